The van der Waals surface area contributed by atoms with Crippen LogP contribution in [0.2, 0.25) is 0 Å². The van der Waals surface area contributed by atoms with Crippen molar-refractivity contribution in [2.24, 2.45) is 0 Å². The highest BCUT2D eigenvalue weighted by Gasteiger charge is 2.16. The summed E-state index contributed by atoms with van der Waals surface area (Å²) in [5, 5.41) is 0. The number of nitrogens with zero attached hydrogens (tertiary/aromatic N) is 1. The van der Waals surface area contributed by atoms with E-state index in [0.717, 1.165) is 45.1 Å². The maximum atomic E-state index is 6.41. The van der Waals surface area contributed by atoms with Gasteiger partial charge in [0, 0.05) is 22.6 Å². The third-order valence-electron chi connectivity index (χ3n) is 10.6. The zero-order valence-electron chi connectivity index (χ0n) is 31.6. The van der Waals surface area contributed by atoms with Crippen molar-refractivity contribution in [1.29, 1.82) is 0 Å². The summed E-state index contributed by atoms with van der Waals surface area (Å²) in [6, 6.07) is 73.2. The number of allylic oxidation sites excluding steroid dienone is 4. The molecule has 0 saturated carbocycles. The van der Waals surface area contributed by atoms with Crippen LogP contribution in [-0.4, -0.2) is 6.61 Å². The van der Waals surface area contributed by atoms with Crippen LogP contribution >= 0.6 is 0 Å². The van der Waals surface area contributed by atoms with Crippen LogP contribution in [0.5, 0.6) is 5.75 Å². The van der Waals surface area contributed by atoms with Crippen LogP contribution < -0.4 is 9.64 Å². The van der Waals surface area contributed by atoms with Gasteiger partial charge in [-0.1, -0.05) is 189 Å². The Morgan fingerprint density at radius 1 is 0.386 bits per heavy atom. The molecule has 1 heterocycles. The van der Waals surface area contributed by atoms with Crippen molar-refractivity contribution in [3.8, 4) is 50.3 Å². The third-order valence-corrected chi connectivity index (χ3v) is 10.6. The van der Waals surface area contributed by atoms with Crippen molar-refractivity contribution in [3.63, 3.8) is 0 Å². The SMILES string of the molecule is C=C1/C=C\C=C(\c2cccc(N(c3ccc(-c4ccc(-c5ccccc5)cc4)cc3)c3ccc(-c4ccc(-c5ccccc5)cc4)cc3)c2)COc2ccccc21. The summed E-state index contributed by atoms with van der Waals surface area (Å²) in [6.45, 7) is 4.72. The Morgan fingerprint density at radius 3 is 1.32 bits per heavy atom. The molecular formula is C55H41NO. The summed E-state index contributed by atoms with van der Waals surface area (Å²) >= 11 is 0. The molecule has 0 amide bonds. The summed E-state index contributed by atoms with van der Waals surface area (Å²) in [6.07, 6.45) is 6.26. The zero-order chi connectivity index (χ0) is 38.4. The summed E-state index contributed by atoms with van der Waals surface area (Å²) in [7, 11) is 0. The van der Waals surface area contributed by atoms with E-state index in [2.05, 4.69) is 218 Å². The molecule has 57 heavy (non-hydrogen) atoms. The fourth-order valence-electron chi connectivity index (χ4n) is 7.48. The van der Waals surface area contributed by atoms with E-state index in [1.807, 2.05) is 18.2 Å². The lowest BCUT2D eigenvalue weighted by atomic mass is 9.99. The highest BCUT2D eigenvalue weighted by Crippen LogP contribution is 2.39. The van der Waals surface area contributed by atoms with E-state index in [1.165, 1.54) is 44.5 Å². The Hall–Kier alpha value is -7.42. The Labute approximate surface area is 335 Å². The monoisotopic (exact) mass is 731 g/mol. The van der Waals surface area contributed by atoms with Gasteiger partial charge in [0.2, 0.25) is 0 Å². The Kier molecular flexibility index (Phi) is 9.99. The van der Waals surface area contributed by atoms with Crippen molar-refractivity contribution in [2.75, 3.05) is 11.5 Å². The summed E-state index contributed by atoms with van der Waals surface area (Å²) in [5.41, 5.74) is 16.9. The number of anilines is 3. The molecule has 0 aliphatic carbocycles. The Balaban J connectivity index is 1.05. The number of para-hydroxylation sites is 1. The lowest BCUT2D eigenvalue weighted by molar-refractivity contribution is 0.369. The molecule has 0 unspecified atom stereocenters. The molecule has 0 atom stereocenters. The van der Waals surface area contributed by atoms with Gasteiger partial charge in [-0.3, -0.25) is 0 Å². The van der Waals surface area contributed by atoms with Gasteiger partial charge in [-0.2, -0.15) is 0 Å². The Morgan fingerprint density at radius 2 is 0.807 bits per heavy atom. The minimum atomic E-state index is 0.438. The molecule has 0 spiro atoms. The van der Waals surface area contributed by atoms with Crippen LogP contribution in [0.3, 0.4) is 0 Å². The zero-order valence-corrected chi connectivity index (χ0v) is 31.6. The third kappa shape index (κ3) is 7.76. The smallest absolute Gasteiger partial charge is 0.127 e. The van der Waals surface area contributed by atoms with Gasteiger partial charge < -0.3 is 9.64 Å². The average molecular weight is 732 g/mol. The first-order valence-corrected chi connectivity index (χ1v) is 19.4. The number of benzene rings is 8. The van der Waals surface area contributed by atoms with Gasteiger partial charge in [0.25, 0.3) is 0 Å². The van der Waals surface area contributed by atoms with Crippen molar-refractivity contribution >= 4 is 28.2 Å². The van der Waals surface area contributed by atoms with E-state index in [4.69, 9.17) is 4.74 Å². The lowest BCUT2D eigenvalue weighted by Crippen LogP contribution is -2.10. The standard InChI is InChI=1S/C55H41NO/c1-40-12-10-18-50(39-57-55-21-9-8-20-54(40)55)49-17-11-19-53(38-49)56(51-34-30-47(31-35-51)45-26-22-43(23-27-45)41-13-4-2-5-14-41)52-36-32-48(33-37-52)46-28-24-44(25-29-46)42-15-6-3-7-16-42/h2-38H,1,39H2/b12-10-,50-18+. The molecule has 0 bridgehead atoms. The van der Waals surface area contributed by atoms with E-state index in [0.29, 0.717) is 6.61 Å². The fraction of sp³-hybridized carbons (Fsp3) is 0.0182. The van der Waals surface area contributed by atoms with Crippen LogP contribution in [-0.2, 0) is 0 Å². The summed E-state index contributed by atoms with van der Waals surface area (Å²) < 4.78 is 6.41. The molecule has 0 N–H and O–H groups in total. The second-order valence-electron chi connectivity index (χ2n) is 14.2. The second-order valence-corrected chi connectivity index (χ2v) is 14.2. The Bertz CT molecular complexity index is 2560. The molecule has 8 aromatic carbocycles. The minimum absolute atomic E-state index is 0.438. The average Bonchev–Trinajstić information content (AvgIpc) is 3.37. The first kappa shape index (κ1) is 35.3. The quantitative estimate of drug-likeness (QED) is 0.154. The predicted octanol–water partition coefficient (Wildman–Crippen LogP) is 14.9. The van der Waals surface area contributed by atoms with Gasteiger partial charge in [0.15, 0.2) is 0 Å². The van der Waals surface area contributed by atoms with Crippen LogP contribution in [0.25, 0.3) is 55.7 Å². The van der Waals surface area contributed by atoms with Gasteiger partial charge in [-0.15, -0.1) is 0 Å². The maximum Gasteiger partial charge on any atom is 0.127 e. The minimum Gasteiger partial charge on any atom is -0.488 e. The molecule has 0 aromatic heterocycles. The lowest BCUT2D eigenvalue weighted by Gasteiger charge is -2.27. The van der Waals surface area contributed by atoms with Crippen LogP contribution in [0.1, 0.15) is 11.1 Å². The van der Waals surface area contributed by atoms with E-state index in [-0.39, 0.29) is 0 Å². The van der Waals surface area contributed by atoms with Crippen molar-refractivity contribution in [1.82, 2.24) is 0 Å². The van der Waals surface area contributed by atoms with Gasteiger partial charge in [0.1, 0.15) is 12.4 Å². The molecule has 9 rings (SSSR count). The number of hydrogen-bond acceptors (Lipinski definition) is 2. The first-order valence-electron chi connectivity index (χ1n) is 19.4. The molecule has 0 radical (unpaired) electrons. The van der Waals surface area contributed by atoms with Crippen molar-refractivity contribution < 1.29 is 4.74 Å². The molecule has 2 nitrogen and oxygen atoms in total. The van der Waals surface area contributed by atoms with Crippen LogP contribution in [0.4, 0.5) is 17.1 Å². The van der Waals surface area contributed by atoms with Gasteiger partial charge in [-0.05, 0) is 104 Å². The van der Waals surface area contributed by atoms with Crippen molar-refractivity contribution in [2.45, 2.75) is 0 Å². The second kappa shape index (κ2) is 16.1. The number of ether oxygens (including phenoxy) is 1. The number of hydrogen-bond donors (Lipinski definition) is 0. The van der Waals surface area contributed by atoms with Gasteiger partial charge in [0.05, 0.1) is 0 Å². The largest absolute Gasteiger partial charge is 0.488 e. The topological polar surface area (TPSA) is 12.5 Å². The number of rotatable bonds is 8. The van der Waals surface area contributed by atoms with E-state index in [9.17, 15) is 0 Å². The molecule has 1 aliphatic heterocycles. The molecule has 8 aromatic rings. The van der Waals surface area contributed by atoms with Crippen molar-refractivity contribution in [3.05, 3.63) is 242 Å². The van der Waals surface area contributed by atoms with Gasteiger partial charge in [-0.25, -0.2) is 0 Å². The highest BCUT2D eigenvalue weighted by atomic mass is 16.5. The molecule has 1 aliphatic rings. The molecule has 0 saturated heterocycles. The fourth-order valence-corrected chi connectivity index (χ4v) is 7.48. The first-order chi connectivity index (χ1) is 28.2. The molecule has 0 fully saturated rings. The maximum absolute atomic E-state index is 6.41. The van der Waals surface area contributed by atoms with Gasteiger partial charge >= 0.3 is 0 Å². The number of fused-ring (bicyclic) bond motifs is 1. The summed E-state index contributed by atoms with van der Waals surface area (Å²) in [4.78, 5) is 2.33. The highest BCUT2D eigenvalue weighted by molar-refractivity contribution is 5.84. The van der Waals surface area contributed by atoms with Crippen LogP contribution in [0, 0.1) is 0 Å². The molecule has 2 heteroatoms. The van der Waals surface area contributed by atoms with E-state index >= 15 is 0 Å². The predicted molar refractivity (Wildman–Crippen MR) is 241 cm³/mol. The van der Waals surface area contributed by atoms with E-state index < -0.39 is 0 Å². The van der Waals surface area contributed by atoms with Crippen LogP contribution in [0.15, 0.2) is 231 Å². The van der Waals surface area contributed by atoms with E-state index in [1.54, 1.807) is 0 Å². The normalized spacial score (nSPS) is 13.8. The summed E-state index contributed by atoms with van der Waals surface area (Å²) in [5.74, 6) is 0.835. The molecule has 272 valence electrons. The molecular weight excluding hydrogens is 691 g/mol.